The number of anilines is 1. The fourth-order valence-electron chi connectivity index (χ4n) is 2.52. The monoisotopic (exact) mass is 287 g/mol. The van der Waals surface area contributed by atoms with Crippen LogP contribution in [0.15, 0.2) is 30.5 Å². The SMILES string of the molecule is COc1ccc2ccnc(N(CCCN)CC(C)C)c2c1. The number of pyridine rings is 1. The van der Waals surface area contributed by atoms with Gasteiger partial charge in [-0.1, -0.05) is 19.9 Å². The van der Waals surface area contributed by atoms with Crippen LogP contribution < -0.4 is 15.4 Å². The second-order valence-electron chi connectivity index (χ2n) is 5.70. The van der Waals surface area contributed by atoms with Gasteiger partial charge < -0.3 is 15.4 Å². The van der Waals surface area contributed by atoms with E-state index in [4.69, 9.17) is 10.5 Å². The van der Waals surface area contributed by atoms with E-state index in [-0.39, 0.29) is 0 Å². The number of methoxy groups -OCH3 is 1. The molecule has 0 saturated heterocycles. The van der Waals surface area contributed by atoms with Crippen LogP contribution >= 0.6 is 0 Å². The smallest absolute Gasteiger partial charge is 0.136 e. The number of nitrogens with zero attached hydrogens (tertiary/aromatic N) is 2. The van der Waals surface area contributed by atoms with Gasteiger partial charge >= 0.3 is 0 Å². The fraction of sp³-hybridized carbons (Fsp3) is 0.471. The molecule has 21 heavy (non-hydrogen) atoms. The van der Waals surface area contributed by atoms with Crippen LogP contribution in [0.3, 0.4) is 0 Å². The number of nitrogens with two attached hydrogens (primary N) is 1. The van der Waals surface area contributed by atoms with Crippen LogP contribution in [0.5, 0.6) is 5.75 Å². The molecule has 2 rings (SSSR count). The highest BCUT2D eigenvalue weighted by atomic mass is 16.5. The lowest BCUT2D eigenvalue weighted by Gasteiger charge is -2.26. The summed E-state index contributed by atoms with van der Waals surface area (Å²) in [7, 11) is 1.69. The second kappa shape index (κ2) is 7.27. The van der Waals surface area contributed by atoms with E-state index in [9.17, 15) is 0 Å². The molecule has 0 fully saturated rings. The lowest BCUT2D eigenvalue weighted by Crippen LogP contribution is -2.30. The number of aromatic nitrogens is 1. The largest absolute Gasteiger partial charge is 0.497 e. The first-order chi connectivity index (χ1) is 10.2. The zero-order chi connectivity index (χ0) is 15.2. The maximum absolute atomic E-state index is 5.68. The summed E-state index contributed by atoms with van der Waals surface area (Å²) < 4.78 is 5.35. The molecule has 114 valence electrons. The van der Waals surface area contributed by atoms with Gasteiger partial charge in [0.15, 0.2) is 0 Å². The highest BCUT2D eigenvalue weighted by molar-refractivity contribution is 5.93. The summed E-state index contributed by atoms with van der Waals surface area (Å²) in [4.78, 5) is 6.95. The Hall–Kier alpha value is -1.81. The Morgan fingerprint density at radius 3 is 2.76 bits per heavy atom. The molecule has 1 aromatic heterocycles. The zero-order valence-electron chi connectivity index (χ0n) is 13.2. The minimum atomic E-state index is 0.574. The molecule has 4 nitrogen and oxygen atoms in total. The van der Waals surface area contributed by atoms with Crippen LogP contribution in [-0.4, -0.2) is 31.7 Å². The van der Waals surface area contributed by atoms with Gasteiger partial charge in [-0.2, -0.15) is 0 Å². The molecule has 0 bridgehead atoms. The molecule has 0 atom stereocenters. The van der Waals surface area contributed by atoms with Gasteiger partial charge in [0.1, 0.15) is 11.6 Å². The Morgan fingerprint density at radius 1 is 1.29 bits per heavy atom. The van der Waals surface area contributed by atoms with Crippen molar-refractivity contribution in [3.8, 4) is 5.75 Å². The Bertz CT molecular complexity index is 583. The summed E-state index contributed by atoms with van der Waals surface area (Å²) in [5, 5.41) is 2.32. The van der Waals surface area contributed by atoms with Gasteiger partial charge in [-0.15, -0.1) is 0 Å². The molecule has 0 aliphatic carbocycles. The van der Waals surface area contributed by atoms with Crippen molar-refractivity contribution in [3.63, 3.8) is 0 Å². The van der Waals surface area contributed by atoms with Crippen molar-refractivity contribution in [2.24, 2.45) is 11.7 Å². The number of benzene rings is 1. The van der Waals surface area contributed by atoms with Crippen molar-refractivity contribution < 1.29 is 4.74 Å². The molecule has 1 heterocycles. The number of hydrogen-bond donors (Lipinski definition) is 1. The molecule has 4 heteroatoms. The van der Waals surface area contributed by atoms with Crippen LogP contribution in [0.25, 0.3) is 10.8 Å². The van der Waals surface area contributed by atoms with Crippen LogP contribution in [0.1, 0.15) is 20.3 Å². The Balaban J connectivity index is 2.44. The van der Waals surface area contributed by atoms with E-state index in [0.717, 1.165) is 36.5 Å². The lowest BCUT2D eigenvalue weighted by molar-refractivity contribution is 0.415. The summed E-state index contributed by atoms with van der Waals surface area (Å²) in [5.41, 5.74) is 5.68. The predicted octanol–water partition coefficient (Wildman–Crippen LogP) is 3.05. The highest BCUT2D eigenvalue weighted by Crippen LogP contribution is 2.28. The van der Waals surface area contributed by atoms with Crippen molar-refractivity contribution >= 4 is 16.6 Å². The minimum absolute atomic E-state index is 0.574. The Morgan fingerprint density at radius 2 is 2.10 bits per heavy atom. The summed E-state index contributed by atoms with van der Waals surface area (Å²) in [6.07, 6.45) is 2.84. The van der Waals surface area contributed by atoms with E-state index in [1.54, 1.807) is 7.11 Å². The van der Waals surface area contributed by atoms with Crippen LogP contribution in [0.2, 0.25) is 0 Å². The standard InChI is InChI=1S/C17H25N3O/c1-13(2)12-20(10-4-8-18)17-16-11-15(21-3)6-5-14(16)7-9-19-17/h5-7,9,11,13H,4,8,10,12,18H2,1-3H3. The summed E-state index contributed by atoms with van der Waals surface area (Å²) >= 11 is 0. The first-order valence-corrected chi connectivity index (χ1v) is 7.53. The van der Waals surface area contributed by atoms with Gasteiger partial charge in [-0.05, 0) is 42.5 Å². The lowest BCUT2D eigenvalue weighted by atomic mass is 10.1. The van der Waals surface area contributed by atoms with Gasteiger partial charge in [0.2, 0.25) is 0 Å². The van der Waals surface area contributed by atoms with E-state index in [2.05, 4.69) is 35.9 Å². The molecule has 0 saturated carbocycles. The summed E-state index contributed by atoms with van der Waals surface area (Å²) in [6.45, 7) is 7.05. The summed E-state index contributed by atoms with van der Waals surface area (Å²) in [5.74, 6) is 2.46. The molecule has 2 aromatic rings. The fourth-order valence-corrected chi connectivity index (χ4v) is 2.52. The number of rotatable bonds is 7. The van der Waals surface area contributed by atoms with E-state index >= 15 is 0 Å². The molecule has 0 amide bonds. The first kappa shape index (κ1) is 15.6. The van der Waals surface area contributed by atoms with Gasteiger partial charge in [-0.25, -0.2) is 4.98 Å². The Kier molecular flexibility index (Phi) is 5.39. The number of ether oxygens (including phenoxy) is 1. The van der Waals surface area contributed by atoms with Gasteiger partial charge in [-0.3, -0.25) is 0 Å². The van der Waals surface area contributed by atoms with Crippen molar-refractivity contribution in [1.82, 2.24) is 4.98 Å². The molecule has 0 aliphatic rings. The molecular weight excluding hydrogens is 262 g/mol. The van der Waals surface area contributed by atoms with E-state index < -0.39 is 0 Å². The van der Waals surface area contributed by atoms with E-state index in [1.807, 2.05) is 18.3 Å². The van der Waals surface area contributed by atoms with Crippen LogP contribution in [0, 0.1) is 5.92 Å². The third-order valence-corrected chi connectivity index (χ3v) is 3.47. The van der Waals surface area contributed by atoms with Crippen molar-refractivity contribution in [1.29, 1.82) is 0 Å². The number of fused-ring (bicyclic) bond motifs is 1. The first-order valence-electron chi connectivity index (χ1n) is 7.53. The summed E-state index contributed by atoms with van der Waals surface area (Å²) in [6, 6.07) is 8.16. The van der Waals surface area contributed by atoms with Crippen molar-refractivity contribution in [2.45, 2.75) is 20.3 Å². The third-order valence-electron chi connectivity index (χ3n) is 3.47. The molecule has 2 N–H and O–H groups in total. The topological polar surface area (TPSA) is 51.4 Å². The molecule has 1 aromatic carbocycles. The predicted molar refractivity (Wildman–Crippen MR) is 89.0 cm³/mol. The van der Waals surface area contributed by atoms with Crippen LogP contribution in [-0.2, 0) is 0 Å². The maximum Gasteiger partial charge on any atom is 0.136 e. The quantitative estimate of drug-likeness (QED) is 0.850. The normalized spacial score (nSPS) is 11.1. The second-order valence-corrected chi connectivity index (χ2v) is 5.70. The average Bonchev–Trinajstić information content (AvgIpc) is 2.50. The van der Waals surface area contributed by atoms with Gasteiger partial charge in [0.25, 0.3) is 0 Å². The minimum Gasteiger partial charge on any atom is -0.497 e. The van der Waals surface area contributed by atoms with Crippen molar-refractivity contribution in [2.75, 3.05) is 31.6 Å². The Labute approximate surface area is 126 Å². The molecule has 0 radical (unpaired) electrons. The highest BCUT2D eigenvalue weighted by Gasteiger charge is 2.13. The van der Waals surface area contributed by atoms with Crippen LogP contribution in [0.4, 0.5) is 5.82 Å². The molecular formula is C17H25N3O. The zero-order valence-corrected chi connectivity index (χ0v) is 13.2. The number of hydrogen-bond acceptors (Lipinski definition) is 4. The average molecular weight is 287 g/mol. The molecule has 0 spiro atoms. The van der Waals surface area contributed by atoms with E-state index in [0.29, 0.717) is 12.5 Å². The maximum atomic E-state index is 5.68. The van der Waals surface area contributed by atoms with Gasteiger partial charge in [0.05, 0.1) is 7.11 Å². The molecule has 0 aliphatic heterocycles. The van der Waals surface area contributed by atoms with Crippen molar-refractivity contribution in [3.05, 3.63) is 30.5 Å². The molecule has 0 unspecified atom stereocenters. The third kappa shape index (κ3) is 3.85. The van der Waals surface area contributed by atoms with E-state index in [1.165, 1.54) is 5.39 Å². The van der Waals surface area contributed by atoms with Gasteiger partial charge in [0, 0.05) is 24.7 Å².